The van der Waals surface area contributed by atoms with Crippen LogP contribution in [0.3, 0.4) is 0 Å². The second-order valence-electron chi connectivity index (χ2n) is 6.45. The highest BCUT2D eigenvalue weighted by Crippen LogP contribution is 2.49. The molecular weight excluding hydrogens is 342 g/mol. The van der Waals surface area contributed by atoms with Gasteiger partial charge in [0.2, 0.25) is 0 Å². The largest absolute Gasteiger partial charge is 0.460 e. The lowest BCUT2D eigenvalue weighted by molar-refractivity contribution is -0.149. The summed E-state index contributed by atoms with van der Waals surface area (Å²) in [6, 6.07) is 7.25. The third kappa shape index (κ3) is 2.66. The number of benzene rings is 1. The Labute approximate surface area is 149 Å². The molecule has 2 aliphatic carbocycles. The predicted molar refractivity (Wildman–Crippen MR) is 91.8 cm³/mol. The Kier molecular flexibility index (Phi) is 3.92. The molecule has 0 aliphatic heterocycles. The number of para-hydroxylation sites is 1. The van der Waals surface area contributed by atoms with Gasteiger partial charge in [0.1, 0.15) is 12.1 Å². The van der Waals surface area contributed by atoms with Gasteiger partial charge in [-0.15, -0.1) is 5.10 Å². The average Bonchev–Trinajstić information content (AvgIpc) is 3.32. The Morgan fingerprint density at radius 3 is 2.72 bits per heavy atom. The summed E-state index contributed by atoms with van der Waals surface area (Å²) in [7, 11) is 0. The van der Waals surface area contributed by atoms with E-state index in [9.17, 15) is 9.59 Å². The maximum absolute atomic E-state index is 13.1. The topological polar surface area (TPSA) is 74.1 Å². The van der Waals surface area contributed by atoms with E-state index in [1.165, 1.54) is 4.68 Å². The molecule has 0 unspecified atom stereocenters. The molecule has 1 aromatic heterocycles. The first-order chi connectivity index (χ1) is 12.1. The number of rotatable bonds is 4. The van der Waals surface area contributed by atoms with Crippen LogP contribution in [0.1, 0.15) is 11.2 Å². The van der Waals surface area contributed by atoms with Crippen molar-refractivity contribution in [2.75, 3.05) is 6.61 Å². The Hall–Kier alpha value is -2.47. The molecule has 1 heterocycles. The summed E-state index contributed by atoms with van der Waals surface area (Å²) in [6.45, 7) is 3.47. The lowest BCUT2D eigenvalue weighted by atomic mass is 9.82. The van der Waals surface area contributed by atoms with E-state index >= 15 is 0 Å². The molecule has 0 saturated heterocycles. The minimum Gasteiger partial charge on any atom is -0.460 e. The first-order valence-corrected chi connectivity index (χ1v) is 8.47. The van der Waals surface area contributed by atoms with E-state index in [0.717, 1.165) is 6.42 Å². The van der Waals surface area contributed by atoms with Gasteiger partial charge >= 0.3 is 5.97 Å². The van der Waals surface area contributed by atoms with Crippen LogP contribution in [-0.2, 0) is 9.53 Å². The molecule has 2 bridgehead atoms. The number of hydrogen-bond donors (Lipinski definition) is 0. The van der Waals surface area contributed by atoms with Gasteiger partial charge in [0.05, 0.1) is 17.4 Å². The monoisotopic (exact) mass is 357 g/mol. The van der Waals surface area contributed by atoms with Gasteiger partial charge in [-0.1, -0.05) is 47.7 Å². The molecule has 6 nitrogen and oxygen atoms in total. The van der Waals surface area contributed by atoms with E-state index in [1.807, 2.05) is 24.3 Å². The van der Waals surface area contributed by atoms with E-state index in [1.54, 1.807) is 12.1 Å². The van der Waals surface area contributed by atoms with Gasteiger partial charge in [-0.2, -0.15) is 4.68 Å². The van der Waals surface area contributed by atoms with E-state index in [0.29, 0.717) is 11.0 Å². The van der Waals surface area contributed by atoms with E-state index < -0.39 is 17.8 Å². The van der Waals surface area contributed by atoms with Crippen molar-refractivity contribution in [1.29, 1.82) is 0 Å². The molecule has 0 spiro atoms. The number of esters is 1. The normalized spacial score (nSPS) is 26.9. The van der Waals surface area contributed by atoms with Gasteiger partial charge in [0.15, 0.2) is 0 Å². The highest BCUT2D eigenvalue weighted by atomic mass is 35.5. The van der Waals surface area contributed by atoms with Crippen molar-refractivity contribution in [2.45, 2.75) is 6.42 Å². The van der Waals surface area contributed by atoms with E-state index in [-0.39, 0.29) is 29.4 Å². The zero-order valence-corrected chi connectivity index (χ0v) is 14.1. The van der Waals surface area contributed by atoms with Gasteiger partial charge in [0, 0.05) is 5.03 Å². The number of carbonyl (C=O) groups is 2. The summed E-state index contributed by atoms with van der Waals surface area (Å²) < 4.78 is 6.52. The molecule has 0 amide bonds. The summed E-state index contributed by atoms with van der Waals surface area (Å²) in [5.41, 5.74) is 1.28. The molecule has 7 heteroatoms. The van der Waals surface area contributed by atoms with Crippen molar-refractivity contribution in [3.63, 3.8) is 0 Å². The third-order valence-electron chi connectivity index (χ3n) is 4.95. The molecule has 2 aliphatic rings. The Balaban J connectivity index is 1.65. The molecule has 4 rings (SSSR count). The summed E-state index contributed by atoms with van der Waals surface area (Å²) in [6.07, 6.45) is 4.77. The molecular formula is C18H16ClN3O3. The maximum Gasteiger partial charge on any atom is 0.310 e. The fourth-order valence-corrected chi connectivity index (χ4v) is 3.95. The van der Waals surface area contributed by atoms with Crippen molar-refractivity contribution >= 4 is 34.5 Å². The van der Waals surface area contributed by atoms with Crippen LogP contribution in [0.4, 0.5) is 0 Å². The van der Waals surface area contributed by atoms with Crippen molar-refractivity contribution in [3.8, 4) is 0 Å². The SMILES string of the molecule is C=C(Cl)COC(=O)[C@H]1[C@H](C(=O)n2nnc3ccccc32)[C@@H]2C=C[C@H]1C2. The number of carbonyl (C=O) groups excluding carboxylic acids is 2. The van der Waals surface area contributed by atoms with Crippen LogP contribution in [0.15, 0.2) is 48.0 Å². The molecule has 0 N–H and O–H groups in total. The average molecular weight is 358 g/mol. The molecule has 25 heavy (non-hydrogen) atoms. The Morgan fingerprint density at radius 2 is 1.96 bits per heavy atom. The second kappa shape index (κ2) is 6.11. The number of nitrogens with zero attached hydrogens (tertiary/aromatic N) is 3. The number of aromatic nitrogens is 3. The fourth-order valence-electron chi connectivity index (χ4n) is 3.90. The highest BCUT2D eigenvalue weighted by molar-refractivity contribution is 6.29. The summed E-state index contributed by atoms with van der Waals surface area (Å²) in [4.78, 5) is 25.7. The quantitative estimate of drug-likeness (QED) is 0.621. The first-order valence-electron chi connectivity index (χ1n) is 8.09. The highest BCUT2D eigenvalue weighted by Gasteiger charge is 2.53. The smallest absolute Gasteiger partial charge is 0.310 e. The predicted octanol–water partition coefficient (Wildman–Crippen LogP) is 2.81. The maximum atomic E-state index is 13.1. The van der Waals surface area contributed by atoms with Crippen LogP contribution in [0, 0.1) is 23.7 Å². The van der Waals surface area contributed by atoms with Crippen LogP contribution >= 0.6 is 11.6 Å². The fraction of sp³-hybridized carbons (Fsp3) is 0.333. The minimum atomic E-state index is -0.526. The van der Waals surface area contributed by atoms with Crippen LogP contribution in [0.25, 0.3) is 11.0 Å². The third-order valence-corrected chi connectivity index (χ3v) is 5.06. The van der Waals surface area contributed by atoms with Crippen molar-refractivity contribution < 1.29 is 14.3 Å². The number of allylic oxidation sites excluding steroid dienone is 2. The molecule has 4 atom stereocenters. The van der Waals surface area contributed by atoms with Crippen LogP contribution < -0.4 is 0 Å². The molecule has 2 aromatic rings. The molecule has 128 valence electrons. The number of hydrogen-bond acceptors (Lipinski definition) is 5. The van der Waals surface area contributed by atoms with Gasteiger partial charge < -0.3 is 4.74 Å². The first kappa shape index (κ1) is 16.0. The molecule has 0 radical (unpaired) electrons. The van der Waals surface area contributed by atoms with Crippen molar-refractivity contribution in [2.24, 2.45) is 23.7 Å². The van der Waals surface area contributed by atoms with Crippen LogP contribution in [0.2, 0.25) is 0 Å². The standard InChI is InChI=1S/C18H16ClN3O3/c1-10(19)9-25-18(24)16-12-7-6-11(8-12)15(16)17(23)22-14-5-3-2-4-13(14)20-21-22/h2-7,11-12,15-16H,1,8-9H2/t11-,12+,15-,16-/m1/s1. The summed E-state index contributed by atoms with van der Waals surface area (Å²) in [5, 5.41) is 8.28. The minimum absolute atomic E-state index is 0.00447. The van der Waals surface area contributed by atoms with Crippen molar-refractivity contribution in [1.82, 2.24) is 15.0 Å². The van der Waals surface area contributed by atoms with Crippen molar-refractivity contribution in [3.05, 3.63) is 48.0 Å². The van der Waals surface area contributed by atoms with Gasteiger partial charge in [-0.05, 0) is 30.4 Å². The molecule has 1 fully saturated rings. The lowest BCUT2D eigenvalue weighted by Gasteiger charge is -2.25. The van der Waals surface area contributed by atoms with Gasteiger partial charge in [-0.25, -0.2) is 0 Å². The molecule has 1 aromatic carbocycles. The second-order valence-corrected chi connectivity index (χ2v) is 6.99. The summed E-state index contributed by atoms with van der Waals surface area (Å²) >= 11 is 5.68. The van der Waals surface area contributed by atoms with Gasteiger partial charge in [0.25, 0.3) is 5.91 Å². The number of ether oxygens (including phenoxy) is 1. The Morgan fingerprint density at radius 1 is 1.24 bits per heavy atom. The Bertz CT molecular complexity index is 904. The van der Waals surface area contributed by atoms with E-state index in [4.69, 9.17) is 16.3 Å². The molecule has 1 saturated carbocycles. The van der Waals surface area contributed by atoms with Crippen LogP contribution in [0.5, 0.6) is 0 Å². The lowest BCUT2D eigenvalue weighted by Crippen LogP contribution is -2.37. The zero-order valence-electron chi connectivity index (χ0n) is 13.3. The van der Waals surface area contributed by atoms with Crippen LogP contribution in [-0.4, -0.2) is 33.5 Å². The number of fused-ring (bicyclic) bond motifs is 3. The van der Waals surface area contributed by atoms with E-state index in [2.05, 4.69) is 16.9 Å². The summed E-state index contributed by atoms with van der Waals surface area (Å²) in [5.74, 6) is -1.65. The zero-order chi connectivity index (χ0) is 17.6. The van der Waals surface area contributed by atoms with Gasteiger partial charge in [-0.3, -0.25) is 9.59 Å². The number of halogens is 1.